The number of carbonyl (C=O) groups excluding carboxylic acids is 4. The summed E-state index contributed by atoms with van der Waals surface area (Å²) in [7, 11) is 5.32. The molecule has 1 aliphatic heterocycles. The number of nitro groups is 1. The van der Waals surface area contributed by atoms with Gasteiger partial charge in [0.05, 0.1) is 16.7 Å². The average molecular weight is 629 g/mol. The van der Waals surface area contributed by atoms with Crippen LogP contribution >= 0.6 is 35.3 Å². The Morgan fingerprint density at radius 1 is 1.15 bits per heavy atom. The SMILES string of the molecule is CN1CCc2nc(C(=O)N[C@@H]3C[C@@H](C(=O)N(C)C)CC[C@@H]3NC(=O)C(=O)Nc3ccc(Cl)c([N+](=O)[O-])c3)sc2C1.Cl. The quantitative estimate of drug-likeness (QED) is 0.249. The van der Waals surface area contributed by atoms with E-state index in [1.165, 1.54) is 28.4 Å². The first-order valence-electron chi connectivity index (χ1n) is 12.7. The second kappa shape index (κ2) is 13.6. The molecule has 0 radical (unpaired) electrons. The molecule has 0 spiro atoms. The Bertz CT molecular complexity index is 1350. The van der Waals surface area contributed by atoms with Gasteiger partial charge in [-0.15, -0.1) is 23.7 Å². The smallest absolute Gasteiger partial charge is 0.313 e. The molecular weight excluding hydrogens is 597 g/mol. The number of hydrogen-bond acceptors (Lipinski definition) is 9. The van der Waals surface area contributed by atoms with Gasteiger partial charge < -0.3 is 25.8 Å². The first kappa shape index (κ1) is 32.2. The molecule has 4 amide bonds. The average Bonchev–Trinajstić information content (AvgIpc) is 3.33. The van der Waals surface area contributed by atoms with E-state index >= 15 is 0 Å². The Hall–Kier alpha value is -3.33. The number of nitrogens with one attached hydrogen (secondary N) is 3. The number of hydrogen-bond donors (Lipinski definition) is 3. The normalized spacial score (nSPS) is 20.1. The minimum Gasteiger partial charge on any atom is -0.349 e. The maximum atomic E-state index is 13.2. The molecule has 1 aromatic heterocycles. The number of rotatable bonds is 6. The number of thiazole rings is 1. The van der Waals surface area contributed by atoms with E-state index in [0.29, 0.717) is 24.4 Å². The van der Waals surface area contributed by atoms with Crippen molar-refractivity contribution in [3.05, 3.63) is 48.9 Å². The second-order valence-electron chi connectivity index (χ2n) is 10.2. The fraction of sp³-hybridized carbons (Fsp3) is 0.480. The Morgan fingerprint density at radius 2 is 1.88 bits per heavy atom. The van der Waals surface area contributed by atoms with Crippen LogP contribution in [0.5, 0.6) is 0 Å². The fourth-order valence-corrected chi connectivity index (χ4v) is 6.17. The molecule has 2 aromatic rings. The van der Waals surface area contributed by atoms with Gasteiger partial charge in [0.2, 0.25) is 5.91 Å². The van der Waals surface area contributed by atoms with Crippen molar-refractivity contribution in [3.63, 3.8) is 0 Å². The number of benzene rings is 1. The summed E-state index contributed by atoms with van der Waals surface area (Å²) in [4.78, 5) is 71.0. The molecule has 3 N–H and O–H groups in total. The molecular formula is C25H31Cl2N7O6S. The zero-order valence-electron chi connectivity index (χ0n) is 22.6. The maximum absolute atomic E-state index is 13.2. The van der Waals surface area contributed by atoms with E-state index in [2.05, 4.69) is 25.8 Å². The monoisotopic (exact) mass is 627 g/mol. The highest BCUT2D eigenvalue weighted by Crippen LogP contribution is 2.29. The van der Waals surface area contributed by atoms with Crippen LogP contribution in [0, 0.1) is 16.0 Å². The molecule has 2 aliphatic rings. The van der Waals surface area contributed by atoms with Gasteiger partial charge in [0.1, 0.15) is 5.02 Å². The first-order valence-corrected chi connectivity index (χ1v) is 13.9. The highest BCUT2D eigenvalue weighted by Gasteiger charge is 2.37. The summed E-state index contributed by atoms with van der Waals surface area (Å²) >= 11 is 7.13. The van der Waals surface area contributed by atoms with Crippen LogP contribution in [-0.2, 0) is 27.3 Å². The molecule has 0 unspecified atom stereocenters. The predicted molar refractivity (Wildman–Crippen MR) is 155 cm³/mol. The van der Waals surface area contributed by atoms with E-state index < -0.39 is 40.4 Å². The van der Waals surface area contributed by atoms with E-state index in [1.54, 1.807) is 14.1 Å². The molecule has 0 saturated heterocycles. The van der Waals surface area contributed by atoms with Crippen LogP contribution in [-0.4, -0.2) is 83.1 Å². The van der Waals surface area contributed by atoms with Crippen LogP contribution in [0.15, 0.2) is 18.2 Å². The summed E-state index contributed by atoms with van der Waals surface area (Å²) in [5.74, 6) is -2.87. The molecule has 4 rings (SSSR count). The largest absolute Gasteiger partial charge is 0.349 e. The van der Waals surface area contributed by atoms with Crippen molar-refractivity contribution in [1.82, 2.24) is 25.4 Å². The van der Waals surface area contributed by atoms with Crippen LogP contribution < -0.4 is 16.0 Å². The molecule has 13 nitrogen and oxygen atoms in total. The second-order valence-corrected chi connectivity index (χ2v) is 11.6. The third-order valence-electron chi connectivity index (χ3n) is 7.00. The standard InChI is InChI=1S/C25H30ClN7O6S.ClH/c1-31(2)25(37)13-4-7-16(28-22(35)21(34)27-14-5-6-15(26)19(11-14)33(38)39)18(10-13)29-23(36)24-30-17-8-9-32(3)12-20(17)40-24;/h5-6,11,13,16,18H,4,7-10,12H2,1-3H3,(H,27,34)(H,28,35)(H,29,36);1H/t13-,16-,18+;/m0./s1. The van der Waals surface area contributed by atoms with Gasteiger partial charge in [0.15, 0.2) is 5.01 Å². The minimum absolute atomic E-state index is 0. The van der Waals surface area contributed by atoms with E-state index in [-0.39, 0.29) is 41.4 Å². The summed E-state index contributed by atoms with van der Waals surface area (Å²) in [6.07, 6.45) is 1.83. The number of amides is 4. The Balaban J connectivity index is 0.00000462. The topological polar surface area (TPSA) is 167 Å². The number of anilines is 1. The van der Waals surface area contributed by atoms with Crippen molar-refractivity contribution in [3.8, 4) is 0 Å². The molecule has 1 aliphatic carbocycles. The van der Waals surface area contributed by atoms with Gasteiger partial charge >= 0.3 is 11.8 Å². The molecule has 222 valence electrons. The van der Waals surface area contributed by atoms with Gasteiger partial charge in [-0.3, -0.25) is 29.3 Å². The number of aromatic nitrogens is 1. The Morgan fingerprint density at radius 3 is 2.56 bits per heavy atom. The van der Waals surface area contributed by atoms with Crippen molar-refractivity contribution < 1.29 is 24.1 Å². The van der Waals surface area contributed by atoms with Crippen LogP contribution in [0.3, 0.4) is 0 Å². The third kappa shape index (κ3) is 7.70. The number of halogens is 2. The fourth-order valence-electron chi connectivity index (χ4n) is 4.89. The molecule has 1 saturated carbocycles. The molecule has 2 heterocycles. The van der Waals surface area contributed by atoms with Gasteiger partial charge in [-0.1, -0.05) is 11.6 Å². The summed E-state index contributed by atoms with van der Waals surface area (Å²) in [6.45, 7) is 1.57. The summed E-state index contributed by atoms with van der Waals surface area (Å²) < 4.78 is 0. The molecule has 0 bridgehead atoms. The highest BCUT2D eigenvalue weighted by atomic mass is 35.5. The van der Waals surface area contributed by atoms with Gasteiger partial charge in [-0.25, -0.2) is 4.98 Å². The van der Waals surface area contributed by atoms with Crippen LogP contribution in [0.2, 0.25) is 5.02 Å². The van der Waals surface area contributed by atoms with Crippen LogP contribution in [0.1, 0.15) is 39.6 Å². The first-order chi connectivity index (χ1) is 18.9. The van der Waals surface area contributed by atoms with Gasteiger partial charge in [0.25, 0.3) is 11.6 Å². The van der Waals surface area contributed by atoms with Crippen molar-refractivity contribution in [2.24, 2.45) is 5.92 Å². The van der Waals surface area contributed by atoms with Gasteiger partial charge in [0, 0.05) is 62.2 Å². The van der Waals surface area contributed by atoms with Crippen molar-refractivity contribution in [2.75, 3.05) is 33.0 Å². The van der Waals surface area contributed by atoms with E-state index in [1.807, 2.05) is 7.05 Å². The number of fused-ring (bicyclic) bond motifs is 1. The molecule has 1 fully saturated rings. The third-order valence-corrected chi connectivity index (χ3v) is 8.40. The van der Waals surface area contributed by atoms with Gasteiger partial charge in [-0.2, -0.15) is 0 Å². The lowest BCUT2D eigenvalue weighted by molar-refractivity contribution is -0.384. The summed E-state index contributed by atoms with van der Waals surface area (Å²) in [5.41, 5.74) is 0.517. The lowest BCUT2D eigenvalue weighted by Gasteiger charge is -2.37. The van der Waals surface area contributed by atoms with Gasteiger partial charge in [-0.05, 0) is 38.4 Å². The lowest BCUT2D eigenvalue weighted by atomic mass is 9.81. The van der Waals surface area contributed by atoms with Crippen LogP contribution in [0.25, 0.3) is 0 Å². The molecule has 1 aromatic carbocycles. The van der Waals surface area contributed by atoms with Crippen molar-refractivity contribution in [1.29, 1.82) is 0 Å². The minimum atomic E-state index is -1.04. The highest BCUT2D eigenvalue weighted by molar-refractivity contribution is 7.13. The van der Waals surface area contributed by atoms with Crippen LogP contribution in [0.4, 0.5) is 11.4 Å². The lowest BCUT2D eigenvalue weighted by Crippen LogP contribution is -2.57. The van der Waals surface area contributed by atoms with E-state index in [0.717, 1.165) is 29.6 Å². The van der Waals surface area contributed by atoms with Crippen molar-refractivity contribution in [2.45, 2.75) is 44.3 Å². The van der Waals surface area contributed by atoms with E-state index in [4.69, 9.17) is 11.6 Å². The summed E-state index contributed by atoms with van der Waals surface area (Å²) in [6, 6.07) is 2.38. The predicted octanol–water partition coefficient (Wildman–Crippen LogP) is 2.22. The Kier molecular flexibility index (Phi) is 10.6. The number of likely N-dealkylation sites (N-methyl/N-ethyl adjacent to an activating group) is 1. The summed E-state index contributed by atoms with van der Waals surface area (Å²) in [5, 5.41) is 19.3. The maximum Gasteiger partial charge on any atom is 0.313 e. The van der Waals surface area contributed by atoms with Crippen molar-refractivity contribution >= 4 is 70.3 Å². The Labute approximate surface area is 251 Å². The van der Waals surface area contributed by atoms with E-state index in [9.17, 15) is 29.3 Å². The number of nitro benzene ring substituents is 1. The molecule has 41 heavy (non-hydrogen) atoms. The number of nitrogens with zero attached hydrogens (tertiary/aromatic N) is 4. The molecule has 3 atom stereocenters. The zero-order valence-corrected chi connectivity index (χ0v) is 25.0. The number of carbonyl (C=O) groups is 4. The molecule has 16 heteroatoms. The zero-order chi connectivity index (χ0) is 29.1.